The van der Waals surface area contributed by atoms with Gasteiger partial charge in [-0.1, -0.05) is 88.6 Å². The molecule has 0 aliphatic heterocycles. The first-order valence-corrected chi connectivity index (χ1v) is 14.1. The van der Waals surface area contributed by atoms with E-state index < -0.39 is 0 Å². The number of nitrogens with one attached hydrogen (secondary N) is 1. The summed E-state index contributed by atoms with van der Waals surface area (Å²) in [4.78, 5) is 15.9. The quantitative estimate of drug-likeness (QED) is 0.111. The normalized spacial score (nSPS) is 12.1. The molecule has 0 bridgehead atoms. The zero-order valence-electron chi connectivity index (χ0n) is 23.0. The Labute approximate surface area is 242 Å². The van der Waals surface area contributed by atoms with Crippen LogP contribution in [0.15, 0.2) is 60.7 Å². The molecule has 3 aromatic carbocycles. The molecule has 0 unspecified atom stereocenters. The van der Waals surface area contributed by atoms with E-state index in [2.05, 4.69) is 89.7 Å². The van der Waals surface area contributed by atoms with Crippen molar-refractivity contribution < 1.29 is 33.8 Å². The molecule has 4 nitrogen and oxygen atoms in total. The summed E-state index contributed by atoms with van der Waals surface area (Å²) in [5.74, 6) is 0.112. The van der Waals surface area contributed by atoms with Crippen LogP contribution in [0.5, 0.6) is 0 Å². The van der Waals surface area contributed by atoms with Gasteiger partial charge in [-0.05, 0) is 30.0 Å². The highest BCUT2D eigenvalue weighted by atomic mass is 127. The minimum absolute atomic E-state index is 0. The molecular formula is C33H40IN3O. The number of amides is 1. The Morgan fingerprint density at radius 3 is 2.11 bits per heavy atom. The van der Waals surface area contributed by atoms with Crippen molar-refractivity contribution in [2.45, 2.75) is 71.1 Å². The Kier molecular flexibility index (Phi) is 9.64. The van der Waals surface area contributed by atoms with Crippen LogP contribution >= 0.6 is 0 Å². The van der Waals surface area contributed by atoms with Gasteiger partial charge in [-0.3, -0.25) is 0 Å². The van der Waals surface area contributed by atoms with Crippen molar-refractivity contribution in [2.75, 3.05) is 0 Å². The van der Waals surface area contributed by atoms with Gasteiger partial charge in [-0.2, -0.15) is 4.99 Å². The number of aryl methyl sites for hydroxylation is 2. The van der Waals surface area contributed by atoms with Gasteiger partial charge in [0.1, 0.15) is 0 Å². The fourth-order valence-corrected chi connectivity index (χ4v) is 5.93. The Balaban J connectivity index is 0.00000336. The van der Waals surface area contributed by atoms with Gasteiger partial charge in [0.15, 0.2) is 0 Å². The lowest BCUT2D eigenvalue weighted by Crippen LogP contribution is -3.00. The molecule has 5 rings (SSSR count). The third-order valence-electron chi connectivity index (χ3n) is 7.94. The molecule has 1 N–H and O–H groups in total. The van der Waals surface area contributed by atoms with Gasteiger partial charge in [0.25, 0.3) is 0 Å². The van der Waals surface area contributed by atoms with Crippen LogP contribution in [-0.2, 0) is 18.9 Å². The van der Waals surface area contributed by atoms with Gasteiger partial charge < -0.3 is 33.1 Å². The molecule has 0 saturated carbocycles. The van der Waals surface area contributed by atoms with Crippen LogP contribution in [0.2, 0.25) is 0 Å². The number of hydrogen-bond donors (Lipinski definition) is 1. The summed E-state index contributed by atoms with van der Waals surface area (Å²) in [5.41, 5.74) is 4.79. The van der Waals surface area contributed by atoms with Crippen molar-refractivity contribution in [3.8, 4) is 0 Å². The van der Waals surface area contributed by atoms with E-state index in [0.29, 0.717) is 6.42 Å². The minimum Gasteiger partial charge on any atom is -1.00 e. The fourth-order valence-electron chi connectivity index (χ4n) is 5.93. The predicted molar refractivity (Wildman–Crippen MR) is 155 cm³/mol. The summed E-state index contributed by atoms with van der Waals surface area (Å²) in [7, 11) is 4.29. The highest BCUT2D eigenvalue weighted by Gasteiger charge is 2.16. The lowest BCUT2D eigenvalue weighted by Gasteiger charge is -2.20. The van der Waals surface area contributed by atoms with Crippen LogP contribution < -0.4 is 34.3 Å². The number of benzene rings is 3. The van der Waals surface area contributed by atoms with E-state index in [-0.39, 0.29) is 29.9 Å². The Morgan fingerprint density at radius 1 is 0.684 bits per heavy atom. The van der Waals surface area contributed by atoms with Gasteiger partial charge in [-0.25, -0.2) is 4.79 Å². The summed E-state index contributed by atoms with van der Waals surface area (Å²) >= 11 is 0. The van der Waals surface area contributed by atoms with E-state index in [1.165, 1.54) is 83.0 Å². The molecule has 0 atom stereocenters. The highest BCUT2D eigenvalue weighted by Crippen LogP contribution is 2.36. The molecular weight excluding hydrogens is 581 g/mol. The molecule has 0 aliphatic rings. The number of hydrogen-bond acceptors (Lipinski definition) is 1. The standard InChI is InChI=1S/C33H39N3O.HI/c1-4-5-6-7-8-9-10-11-12-20-31(37)34-24-21-22-25-26-17-15-19-29-32(26)33(36(3)30(25)23-24)27-16-13-14-18-28(27)35(29)2;/h13-19,21-23H,4-12,20H2,1-3H3;1H. The maximum absolute atomic E-state index is 12.7. The van der Waals surface area contributed by atoms with Crippen molar-refractivity contribution in [3.05, 3.63) is 66.0 Å². The maximum Gasteiger partial charge on any atom is 0.385 e. The molecule has 38 heavy (non-hydrogen) atoms. The van der Waals surface area contributed by atoms with Crippen molar-refractivity contribution in [1.29, 1.82) is 0 Å². The number of halogens is 1. The first kappa shape index (κ1) is 28.3. The number of aromatic nitrogens is 2. The van der Waals surface area contributed by atoms with E-state index in [1.807, 2.05) is 6.07 Å². The third-order valence-corrected chi connectivity index (χ3v) is 7.94. The molecule has 0 saturated heterocycles. The fraction of sp³-hybridized carbons (Fsp3) is 0.394. The summed E-state index contributed by atoms with van der Waals surface area (Å²) in [5, 5.41) is 5.83. The van der Waals surface area contributed by atoms with Gasteiger partial charge in [-0.15, -0.1) is 0 Å². The van der Waals surface area contributed by atoms with Crippen molar-refractivity contribution in [2.24, 2.45) is 14.1 Å². The maximum atomic E-state index is 12.7. The Hall–Kier alpha value is -2.67. The summed E-state index contributed by atoms with van der Waals surface area (Å²) in [6, 6.07) is 21.5. The molecule has 0 fully saturated rings. The Morgan fingerprint density at radius 2 is 1.34 bits per heavy atom. The second kappa shape index (κ2) is 12.9. The van der Waals surface area contributed by atoms with Crippen LogP contribution in [0, 0.1) is 0 Å². The number of pyridine rings is 2. The van der Waals surface area contributed by atoms with Crippen LogP contribution in [-0.4, -0.2) is 15.0 Å². The molecule has 2 aromatic heterocycles. The van der Waals surface area contributed by atoms with E-state index in [0.717, 1.165) is 23.7 Å². The number of unbranched alkanes of at least 4 members (excludes halogenated alkanes) is 8. The number of para-hydroxylation sites is 1. The van der Waals surface area contributed by atoms with Crippen molar-refractivity contribution in [1.82, 2.24) is 9.13 Å². The zero-order valence-corrected chi connectivity index (χ0v) is 25.2. The molecule has 0 aliphatic carbocycles. The van der Waals surface area contributed by atoms with E-state index in [4.69, 9.17) is 0 Å². The molecule has 5 aromatic rings. The average Bonchev–Trinajstić information content (AvgIpc) is 2.92. The topological polar surface area (TPSA) is 40.9 Å². The van der Waals surface area contributed by atoms with E-state index in [1.54, 1.807) is 0 Å². The summed E-state index contributed by atoms with van der Waals surface area (Å²) in [6.07, 6.45) is 11.9. The second-order valence-corrected chi connectivity index (χ2v) is 10.5. The van der Waals surface area contributed by atoms with E-state index in [9.17, 15) is 4.79 Å². The number of rotatable bonds is 10. The number of fused-ring (bicyclic) bond motifs is 4. The predicted octanol–water partition coefficient (Wildman–Crippen LogP) is 3.41. The lowest BCUT2D eigenvalue weighted by molar-refractivity contribution is -0.417. The molecule has 2 heterocycles. The monoisotopic (exact) mass is 621 g/mol. The summed E-state index contributed by atoms with van der Waals surface area (Å²) in [6.45, 7) is 2.26. The lowest BCUT2D eigenvalue weighted by atomic mass is 9.99. The second-order valence-electron chi connectivity index (χ2n) is 10.5. The van der Waals surface area contributed by atoms with Gasteiger partial charge in [0.2, 0.25) is 5.36 Å². The number of carbonyl (C=O) groups excluding carboxylic acids is 1. The van der Waals surface area contributed by atoms with Crippen LogP contribution in [0.3, 0.4) is 0 Å². The molecule has 0 radical (unpaired) electrons. The summed E-state index contributed by atoms with van der Waals surface area (Å²) < 4.78 is 4.58. The first-order chi connectivity index (χ1) is 18.1. The molecule has 1 amide bonds. The van der Waals surface area contributed by atoms with E-state index >= 15 is 0 Å². The zero-order chi connectivity index (χ0) is 25.8. The van der Waals surface area contributed by atoms with Gasteiger partial charge >= 0.3 is 5.91 Å². The van der Waals surface area contributed by atoms with Gasteiger partial charge in [0, 0.05) is 42.4 Å². The highest BCUT2D eigenvalue weighted by molar-refractivity contribution is 6.24. The molecule has 5 heteroatoms. The molecule has 0 spiro atoms. The first-order valence-electron chi connectivity index (χ1n) is 14.1. The van der Waals surface area contributed by atoms with Crippen LogP contribution in [0.25, 0.3) is 43.6 Å². The van der Waals surface area contributed by atoms with Crippen LogP contribution in [0.1, 0.15) is 71.1 Å². The molecule has 200 valence electrons. The van der Waals surface area contributed by atoms with Crippen LogP contribution in [0.4, 0.5) is 0 Å². The van der Waals surface area contributed by atoms with Crippen molar-refractivity contribution in [3.63, 3.8) is 0 Å². The van der Waals surface area contributed by atoms with Gasteiger partial charge in [0.05, 0.1) is 28.5 Å². The smallest absolute Gasteiger partial charge is 0.385 e. The Bertz CT molecular complexity index is 1640. The largest absolute Gasteiger partial charge is 1.00 e. The average molecular weight is 622 g/mol. The SMILES string of the molecule is CCCCCCCCCCCC(=O)[NH+]=c1ccc2c3cccc4c3c(c3ccccc3n4C)n(C)c2c1.[I-]. The number of nitrogens with zero attached hydrogens (tertiary/aromatic N) is 2. The minimum atomic E-state index is 0. The van der Waals surface area contributed by atoms with Crippen molar-refractivity contribution >= 4 is 49.5 Å². The third kappa shape index (κ3) is 5.68. The number of carbonyl (C=O) groups is 1.